The third kappa shape index (κ3) is 5.60. The zero-order valence-corrected chi connectivity index (χ0v) is 19.4. The number of halogens is 3. The van der Waals surface area contributed by atoms with Crippen LogP contribution in [0.1, 0.15) is 31.2 Å². The van der Waals surface area contributed by atoms with Crippen molar-refractivity contribution in [1.82, 2.24) is 10.2 Å². The molecule has 4 rings (SSSR count). The molecule has 1 aliphatic carbocycles. The summed E-state index contributed by atoms with van der Waals surface area (Å²) >= 11 is 11.5. The Balaban J connectivity index is 1.19. The highest BCUT2D eigenvalue weighted by Gasteiger charge is 2.46. The molecule has 176 valence electrons. The minimum atomic E-state index is -1.03. The van der Waals surface area contributed by atoms with E-state index in [4.69, 9.17) is 27.9 Å². The zero-order chi connectivity index (χ0) is 23.6. The number of carbonyl (C=O) groups excluding carboxylic acids is 2. The lowest BCUT2D eigenvalue weighted by Crippen LogP contribution is -2.62. The fourth-order valence-corrected chi connectivity index (χ4v) is 4.66. The van der Waals surface area contributed by atoms with Crippen molar-refractivity contribution in [3.8, 4) is 5.75 Å². The molecule has 1 saturated carbocycles. The number of β-amino-alcohol motifs (C(OH)–C–C–N with tert-alkyl or cyclic N) is 1. The molecule has 0 unspecified atom stereocenters. The van der Waals surface area contributed by atoms with Gasteiger partial charge in [-0.3, -0.25) is 9.59 Å². The molecule has 2 N–H and O–H groups in total. The van der Waals surface area contributed by atoms with E-state index in [0.717, 1.165) is 11.6 Å². The van der Waals surface area contributed by atoms with Gasteiger partial charge in [0.1, 0.15) is 17.2 Å². The van der Waals surface area contributed by atoms with Crippen LogP contribution in [0.15, 0.2) is 42.5 Å². The number of carbonyl (C=O) groups is 2. The van der Waals surface area contributed by atoms with Gasteiger partial charge in [-0.25, -0.2) is 4.39 Å². The fourth-order valence-electron chi connectivity index (χ4n) is 4.41. The van der Waals surface area contributed by atoms with Crippen LogP contribution >= 0.6 is 23.2 Å². The number of nitrogens with zero attached hydrogens (tertiary/aromatic N) is 1. The molecular formula is C24H25Cl2FN2O4. The second-order valence-corrected chi connectivity index (χ2v) is 9.56. The first-order chi connectivity index (χ1) is 15.7. The van der Waals surface area contributed by atoms with Gasteiger partial charge in [0, 0.05) is 23.0 Å². The lowest BCUT2D eigenvalue weighted by atomic mass is 9.81. The van der Waals surface area contributed by atoms with E-state index in [-0.39, 0.29) is 54.2 Å². The highest BCUT2D eigenvalue weighted by atomic mass is 35.5. The number of benzene rings is 2. The van der Waals surface area contributed by atoms with E-state index in [2.05, 4.69) is 5.32 Å². The van der Waals surface area contributed by atoms with E-state index < -0.39 is 11.4 Å². The number of hydrogen-bond donors (Lipinski definition) is 2. The summed E-state index contributed by atoms with van der Waals surface area (Å²) in [4.78, 5) is 26.7. The summed E-state index contributed by atoms with van der Waals surface area (Å²) < 4.78 is 18.8. The molecule has 2 aromatic carbocycles. The first kappa shape index (κ1) is 23.8. The molecule has 33 heavy (non-hydrogen) atoms. The van der Waals surface area contributed by atoms with Gasteiger partial charge in [0.15, 0.2) is 6.61 Å². The Morgan fingerprint density at radius 1 is 1.09 bits per heavy atom. The Labute approximate surface area is 201 Å². The average Bonchev–Trinajstić information content (AvgIpc) is 2.78. The highest BCUT2D eigenvalue weighted by Crippen LogP contribution is 2.35. The van der Waals surface area contributed by atoms with E-state index >= 15 is 0 Å². The van der Waals surface area contributed by atoms with Gasteiger partial charge in [-0.2, -0.15) is 0 Å². The minimum absolute atomic E-state index is 0.00834. The fraction of sp³-hybridized carbons (Fsp3) is 0.417. The van der Waals surface area contributed by atoms with E-state index in [9.17, 15) is 19.1 Å². The Morgan fingerprint density at radius 2 is 1.76 bits per heavy atom. The van der Waals surface area contributed by atoms with E-state index in [1.165, 1.54) is 12.1 Å². The van der Waals surface area contributed by atoms with Gasteiger partial charge in [0.2, 0.25) is 5.91 Å². The molecule has 0 atom stereocenters. The second kappa shape index (κ2) is 9.87. The standard InChI is InChI=1S/C24H25Cl2FN2O4/c25-17-5-3-16(4-6-17)24(32)13-29(14-24)23(31)15-1-7-18(8-2-15)28-22(30)12-33-19-9-10-20(26)21(27)11-19/h3-6,9-11,15,18,32H,1-2,7-8,12-14H2,(H,28,30)/t15-,18-. The van der Waals surface area contributed by atoms with Gasteiger partial charge in [0.25, 0.3) is 5.91 Å². The van der Waals surface area contributed by atoms with E-state index in [0.29, 0.717) is 30.7 Å². The SMILES string of the molecule is O=C(COc1ccc(Cl)c(F)c1)N[C@H]1CC[C@H](C(=O)N2CC(O)(c3ccc(Cl)cc3)C2)CC1. The summed E-state index contributed by atoms with van der Waals surface area (Å²) in [6.45, 7) is 0.316. The maximum absolute atomic E-state index is 13.4. The average molecular weight is 495 g/mol. The van der Waals surface area contributed by atoms with Crippen LogP contribution in [0.3, 0.4) is 0 Å². The molecule has 2 aliphatic rings. The smallest absolute Gasteiger partial charge is 0.258 e. The predicted octanol–water partition coefficient (Wildman–Crippen LogP) is 3.92. The van der Waals surface area contributed by atoms with E-state index in [1.807, 2.05) is 0 Å². The van der Waals surface area contributed by atoms with Crippen LogP contribution in [0, 0.1) is 11.7 Å². The molecule has 1 heterocycles. The van der Waals surface area contributed by atoms with Gasteiger partial charge in [-0.05, 0) is 55.5 Å². The van der Waals surface area contributed by atoms with Crippen molar-refractivity contribution >= 4 is 35.0 Å². The molecule has 1 saturated heterocycles. The molecule has 9 heteroatoms. The van der Waals surface area contributed by atoms with Crippen LogP contribution in [0.25, 0.3) is 0 Å². The molecule has 0 aromatic heterocycles. The number of rotatable bonds is 6. The van der Waals surface area contributed by atoms with Crippen molar-refractivity contribution in [1.29, 1.82) is 0 Å². The Kier molecular flexibility index (Phi) is 7.12. The van der Waals surface area contributed by atoms with Crippen LogP contribution in [0.5, 0.6) is 5.75 Å². The number of nitrogens with one attached hydrogen (secondary N) is 1. The molecule has 0 spiro atoms. The number of amides is 2. The third-order valence-electron chi connectivity index (χ3n) is 6.30. The van der Waals surface area contributed by atoms with Crippen molar-refractivity contribution in [2.75, 3.05) is 19.7 Å². The maximum atomic E-state index is 13.4. The molecule has 6 nitrogen and oxygen atoms in total. The largest absolute Gasteiger partial charge is 0.484 e. The highest BCUT2D eigenvalue weighted by molar-refractivity contribution is 6.30. The monoisotopic (exact) mass is 494 g/mol. The van der Waals surface area contributed by atoms with Crippen LogP contribution in [0.2, 0.25) is 10.0 Å². The molecule has 0 bridgehead atoms. The summed E-state index contributed by atoms with van der Waals surface area (Å²) in [5.41, 5.74) is -0.274. The second-order valence-electron chi connectivity index (χ2n) is 8.71. The first-order valence-corrected chi connectivity index (χ1v) is 11.6. The van der Waals surface area contributed by atoms with Crippen molar-refractivity contribution in [2.24, 2.45) is 5.92 Å². The van der Waals surface area contributed by atoms with Crippen LogP contribution in [-0.4, -0.2) is 47.6 Å². The normalized spacial score (nSPS) is 21.8. The Bertz CT molecular complexity index is 1020. The number of aliphatic hydroxyl groups is 1. The van der Waals surface area contributed by atoms with Crippen LogP contribution < -0.4 is 10.1 Å². The van der Waals surface area contributed by atoms with Gasteiger partial charge in [-0.1, -0.05) is 35.3 Å². The molecule has 2 amide bonds. The van der Waals surface area contributed by atoms with Gasteiger partial charge >= 0.3 is 0 Å². The number of ether oxygens (including phenoxy) is 1. The minimum Gasteiger partial charge on any atom is -0.484 e. The maximum Gasteiger partial charge on any atom is 0.258 e. The van der Waals surface area contributed by atoms with E-state index in [1.54, 1.807) is 29.2 Å². The molecule has 2 fully saturated rings. The first-order valence-electron chi connectivity index (χ1n) is 10.9. The summed E-state index contributed by atoms with van der Waals surface area (Å²) in [6.07, 6.45) is 2.71. The lowest BCUT2D eigenvalue weighted by Gasteiger charge is -2.48. The van der Waals surface area contributed by atoms with Crippen LogP contribution in [-0.2, 0) is 15.2 Å². The summed E-state index contributed by atoms with van der Waals surface area (Å²) in [6, 6.07) is 11.0. The third-order valence-corrected chi connectivity index (χ3v) is 6.86. The summed E-state index contributed by atoms with van der Waals surface area (Å²) in [5.74, 6) is -0.732. The molecule has 2 aromatic rings. The number of hydrogen-bond acceptors (Lipinski definition) is 4. The molecule has 1 aliphatic heterocycles. The Hall–Kier alpha value is -2.35. The quantitative estimate of drug-likeness (QED) is 0.637. The molecule has 0 radical (unpaired) electrons. The predicted molar refractivity (Wildman–Crippen MR) is 123 cm³/mol. The van der Waals surface area contributed by atoms with Gasteiger partial charge in [0.05, 0.1) is 18.1 Å². The van der Waals surface area contributed by atoms with Gasteiger partial charge in [-0.15, -0.1) is 0 Å². The zero-order valence-electron chi connectivity index (χ0n) is 17.9. The number of likely N-dealkylation sites (tertiary alicyclic amines) is 1. The summed E-state index contributed by atoms with van der Waals surface area (Å²) in [5, 5.41) is 14.3. The molecular weight excluding hydrogens is 470 g/mol. The topological polar surface area (TPSA) is 78.9 Å². The van der Waals surface area contributed by atoms with Gasteiger partial charge < -0.3 is 20.1 Å². The van der Waals surface area contributed by atoms with Crippen LogP contribution in [0.4, 0.5) is 4.39 Å². The van der Waals surface area contributed by atoms with Crippen molar-refractivity contribution in [3.63, 3.8) is 0 Å². The van der Waals surface area contributed by atoms with Crippen molar-refractivity contribution < 1.29 is 23.8 Å². The lowest BCUT2D eigenvalue weighted by molar-refractivity contribution is -0.162. The summed E-state index contributed by atoms with van der Waals surface area (Å²) in [7, 11) is 0. The van der Waals surface area contributed by atoms with Crippen molar-refractivity contribution in [3.05, 3.63) is 63.9 Å². The van der Waals surface area contributed by atoms with Crippen molar-refractivity contribution in [2.45, 2.75) is 37.3 Å². The Morgan fingerprint density at radius 3 is 2.39 bits per heavy atom.